The molecule has 0 saturated carbocycles. The SMILES string of the molecule is O=C(O)c1ccc(Br)cc1NC(=O)N1CCCCC1. The molecule has 2 amide bonds. The molecule has 102 valence electrons. The van der Waals surface area contributed by atoms with Crippen LogP contribution in [0, 0.1) is 0 Å². The van der Waals surface area contributed by atoms with Crippen molar-refractivity contribution < 1.29 is 14.7 Å². The van der Waals surface area contributed by atoms with Gasteiger partial charge in [0.25, 0.3) is 0 Å². The first-order valence-electron chi connectivity index (χ1n) is 6.16. The number of hydrogen-bond acceptors (Lipinski definition) is 2. The number of carboxylic acid groups (broad SMARTS) is 1. The maximum absolute atomic E-state index is 12.1. The van der Waals surface area contributed by atoms with Gasteiger partial charge in [-0.25, -0.2) is 9.59 Å². The zero-order chi connectivity index (χ0) is 13.8. The highest BCUT2D eigenvalue weighted by Crippen LogP contribution is 2.22. The number of nitrogens with zero attached hydrogens (tertiary/aromatic N) is 1. The summed E-state index contributed by atoms with van der Waals surface area (Å²) in [5.74, 6) is -1.05. The number of carbonyl (C=O) groups excluding carboxylic acids is 1. The van der Waals surface area contributed by atoms with Crippen LogP contribution in [-0.4, -0.2) is 35.1 Å². The molecular formula is C13H15BrN2O3. The minimum absolute atomic E-state index is 0.0913. The van der Waals surface area contributed by atoms with E-state index >= 15 is 0 Å². The van der Waals surface area contributed by atoms with Crippen molar-refractivity contribution in [3.8, 4) is 0 Å². The lowest BCUT2D eigenvalue weighted by molar-refractivity contribution is 0.0698. The third kappa shape index (κ3) is 3.47. The predicted octanol–water partition coefficient (Wildman–Crippen LogP) is 3.17. The molecule has 1 fully saturated rings. The Kier molecular flexibility index (Phi) is 4.42. The van der Waals surface area contributed by atoms with Crippen LogP contribution >= 0.6 is 15.9 Å². The number of carbonyl (C=O) groups is 2. The molecule has 1 aromatic carbocycles. The monoisotopic (exact) mass is 326 g/mol. The first-order valence-corrected chi connectivity index (χ1v) is 6.96. The number of rotatable bonds is 2. The van der Waals surface area contributed by atoms with E-state index in [1.54, 1.807) is 17.0 Å². The molecule has 1 aliphatic rings. The van der Waals surface area contributed by atoms with Crippen LogP contribution in [0.15, 0.2) is 22.7 Å². The lowest BCUT2D eigenvalue weighted by atomic mass is 10.1. The van der Waals surface area contributed by atoms with Crippen molar-refractivity contribution in [2.45, 2.75) is 19.3 Å². The number of anilines is 1. The molecule has 5 nitrogen and oxygen atoms in total. The van der Waals surface area contributed by atoms with E-state index in [1.807, 2.05) is 0 Å². The van der Waals surface area contributed by atoms with Gasteiger partial charge in [-0.05, 0) is 37.5 Å². The van der Waals surface area contributed by atoms with Gasteiger partial charge in [0, 0.05) is 17.6 Å². The van der Waals surface area contributed by atoms with Gasteiger partial charge in [0.15, 0.2) is 0 Å². The highest BCUT2D eigenvalue weighted by Gasteiger charge is 2.19. The molecule has 0 spiro atoms. The zero-order valence-corrected chi connectivity index (χ0v) is 11.9. The molecule has 0 aromatic heterocycles. The molecular weight excluding hydrogens is 312 g/mol. The number of hydrogen-bond donors (Lipinski definition) is 2. The van der Waals surface area contributed by atoms with E-state index in [-0.39, 0.29) is 11.6 Å². The fraction of sp³-hybridized carbons (Fsp3) is 0.385. The van der Waals surface area contributed by atoms with Gasteiger partial charge in [0.05, 0.1) is 11.3 Å². The van der Waals surface area contributed by atoms with Crippen LogP contribution in [0.3, 0.4) is 0 Å². The highest BCUT2D eigenvalue weighted by atomic mass is 79.9. The zero-order valence-electron chi connectivity index (χ0n) is 10.4. The van der Waals surface area contributed by atoms with Crippen LogP contribution < -0.4 is 5.32 Å². The molecule has 0 aliphatic carbocycles. The summed E-state index contributed by atoms with van der Waals surface area (Å²) in [5.41, 5.74) is 0.408. The van der Waals surface area contributed by atoms with E-state index in [0.29, 0.717) is 5.69 Å². The lowest BCUT2D eigenvalue weighted by Crippen LogP contribution is -2.38. The Bertz CT molecular complexity index is 499. The van der Waals surface area contributed by atoms with Crippen molar-refractivity contribution in [1.29, 1.82) is 0 Å². The quantitative estimate of drug-likeness (QED) is 0.877. The number of likely N-dealkylation sites (tertiary alicyclic amines) is 1. The number of halogens is 1. The van der Waals surface area contributed by atoms with Gasteiger partial charge in [-0.3, -0.25) is 0 Å². The Labute approximate surface area is 119 Å². The average Bonchev–Trinajstić information content (AvgIpc) is 2.39. The van der Waals surface area contributed by atoms with Crippen LogP contribution in [0.2, 0.25) is 0 Å². The second-order valence-electron chi connectivity index (χ2n) is 4.47. The Balaban J connectivity index is 2.15. The van der Waals surface area contributed by atoms with Gasteiger partial charge in [0.2, 0.25) is 0 Å². The van der Waals surface area contributed by atoms with Crippen LogP contribution in [0.4, 0.5) is 10.5 Å². The highest BCUT2D eigenvalue weighted by molar-refractivity contribution is 9.10. The summed E-state index contributed by atoms with van der Waals surface area (Å²) < 4.78 is 0.728. The fourth-order valence-corrected chi connectivity index (χ4v) is 2.46. The minimum atomic E-state index is -1.05. The van der Waals surface area contributed by atoms with Gasteiger partial charge in [-0.1, -0.05) is 15.9 Å². The average molecular weight is 327 g/mol. The van der Waals surface area contributed by atoms with Crippen molar-refractivity contribution in [2.75, 3.05) is 18.4 Å². The largest absolute Gasteiger partial charge is 0.478 e. The molecule has 1 saturated heterocycles. The predicted molar refractivity (Wildman–Crippen MR) is 75.5 cm³/mol. The van der Waals surface area contributed by atoms with Gasteiger partial charge in [-0.15, -0.1) is 0 Å². The van der Waals surface area contributed by atoms with E-state index in [9.17, 15) is 9.59 Å². The van der Waals surface area contributed by atoms with Gasteiger partial charge < -0.3 is 15.3 Å². The molecule has 2 N–H and O–H groups in total. The molecule has 6 heteroatoms. The number of amides is 2. The lowest BCUT2D eigenvalue weighted by Gasteiger charge is -2.27. The Morgan fingerprint density at radius 1 is 1.21 bits per heavy atom. The van der Waals surface area contributed by atoms with Crippen molar-refractivity contribution in [3.05, 3.63) is 28.2 Å². The molecule has 19 heavy (non-hydrogen) atoms. The van der Waals surface area contributed by atoms with Crippen LogP contribution in [0.5, 0.6) is 0 Å². The molecule has 1 aliphatic heterocycles. The maximum atomic E-state index is 12.1. The van der Waals surface area contributed by atoms with Gasteiger partial charge >= 0.3 is 12.0 Å². The number of nitrogens with one attached hydrogen (secondary N) is 1. The van der Waals surface area contributed by atoms with Crippen molar-refractivity contribution in [3.63, 3.8) is 0 Å². The Hall–Kier alpha value is -1.56. The number of piperidine rings is 1. The molecule has 0 atom stereocenters. The van der Waals surface area contributed by atoms with Crippen molar-refractivity contribution in [2.24, 2.45) is 0 Å². The maximum Gasteiger partial charge on any atom is 0.337 e. The van der Waals surface area contributed by atoms with Gasteiger partial charge in [-0.2, -0.15) is 0 Å². The second-order valence-corrected chi connectivity index (χ2v) is 5.39. The van der Waals surface area contributed by atoms with E-state index in [0.717, 1.165) is 36.8 Å². The van der Waals surface area contributed by atoms with Crippen LogP contribution in [-0.2, 0) is 0 Å². The first-order chi connectivity index (χ1) is 9.08. The summed E-state index contributed by atoms with van der Waals surface area (Å²) in [6.07, 6.45) is 3.14. The fourth-order valence-electron chi connectivity index (χ4n) is 2.10. The summed E-state index contributed by atoms with van der Waals surface area (Å²) in [6, 6.07) is 4.48. The van der Waals surface area contributed by atoms with E-state index in [2.05, 4.69) is 21.2 Å². The third-order valence-electron chi connectivity index (χ3n) is 3.10. The van der Waals surface area contributed by atoms with Crippen molar-refractivity contribution in [1.82, 2.24) is 4.90 Å². The van der Waals surface area contributed by atoms with E-state index in [4.69, 9.17) is 5.11 Å². The Morgan fingerprint density at radius 3 is 2.53 bits per heavy atom. The standard InChI is InChI=1S/C13H15BrN2O3/c14-9-4-5-10(12(17)18)11(8-9)15-13(19)16-6-2-1-3-7-16/h4-5,8H,1-3,6-7H2,(H,15,19)(H,17,18). The molecule has 0 radical (unpaired) electrons. The smallest absolute Gasteiger partial charge is 0.337 e. The molecule has 2 rings (SSSR count). The molecule has 1 heterocycles. The van der Waals surface area contributed by atoms with Crippen LogP contribution in [0.25, 0.3) is 0 Å². The number of benzene rings is 1. The number of carboxylic acids is 1. The van der Waals surface area contributed by atoms with Gasteiger partial charge in [0.1, 0.15) is 0 Å². The summed E-state index contributed by atoms with van der Waals surface area (Å²) >= 11 is 3.27. The molecule has 0 unspecified atom stereocenters. The molecule has 1 aromatic rings. The topological polar surface area (TPSA) is 69.6 Å². The Morgan fingerprint density at radius 2 is 1.89 bits per heavy atom. The molecule has 0 bridgehead atoms. The first kappa shape index (κ1) is 13.9. The summed E-state index contributed by atoms with van der Waals surface area (Å²) in [6.45, 7) is 1.45. The van der Waals surface area contributed by atoms with E-state index < -0.39 is 5.97 Å². The van der Waals surface area contributed by atoms with Crippen molar-refractivity contribution >= 4 is 33.6 Å². The summed E-state index contributed by atoms with van der Waals surface area (Å²) in [5, 5.41) is 11.8. The second kappa shape index (κ2) is 6.06. The number of aromatic carboxylic acids is 1. The summed E-state index contributed by atoms with van der Waals surface area (Å²) in [7, 11) is 0. The third-order valence-corrected chi connectivity index (χ3v) is 3.59. The minimum Gasteiger partial charge on any atom is -0.478 e. The van der Waals surface area contributed by atoms with E-state index in [1.165, 1.54) is 6.07 Å². The van der Waals surface area contributed by atoms with Crippen LogP contribution in [0.1, 0.15) is 29.6 Å². The number of urea groups is 1. The summed E-state index contributed by atoms with van der Waals surface area (Å²) in [4.78, 5) is 24.9. The normalized spacial score (nSPS) is 15.1.